The molecule has 1 heterocycles. The fourth-order valence-electron chi connectivity index (χ4n) is 2.71. The highest BCUT2D eigenvalue weighted by molar-refractivity contribution is 6.35. The molecule has 0 saturated heterocycles. The van der Waals surface area contributed by atoms with E-state index in [1.807, 2.05) is 27.8 Å². The van der Waals surface area contributed by atoms with Gasteiger partial charge in [0.15, 0.2) is 0 Å². The second-order valence-electron chi connectivity index (χ2n) is 5.80. The smallest absolute Gasteiger partial charge is 0.253 e. The lowest BCUT2D eigenvalue weighted by atomic mass is 10.1. The minimum Gasteiger partial charge on any atom is -0.348 e. The molecule has 1 unspecified atom stereocenters. The Morgan fingerprint density at radius 1 is 1.28 bits per heavy atom. The number of aryl methyl sites for hydroxylation is 2. The van der Waals surface area contributed by atoms with Crippen molar-refractivity contribution in [3.05, 3.63) is 50.8 Å². The van der Waals surface area contributed by atoms with Gasteiger partial charge in [-0.1, -0.05) is 23.2 Å². The molecular formula is C17H20Cl2N4O2. The largest absolute Gasteiger partial charge is 0.348 e. The van der Waals surface area contributed by atoms with Crippen molar-refractivity contribution in [3.8, 4) is 0 Å². The summed E-state index contributed by atoms with van der Waals surface area (Å²) in [5, 5.41) is 10.4. The zero-order chi connectivity index (χ0) is 18.7. The number of nitrogens with zero attached hydrogens (tertiary/aromatic N) is 2. The van der Waals surface area contributed by atoms with E-state index in [0.29, 0.717) is 5.02 Å². The van der Waals surface area contributed by atoms with Gasteiger partial charge in [-0.05, 0) is 39.0 Å². The van der Waals surface area contributed by atoms with Crippen molar-refractivity contribution in [1.82, 2.24) is 20.4 Å². The number of halogens is 2. The van der Waals surface area contributed by atoms with Gasteiger partial charge in [0.1, 0.15) is 0 Å². The number of benzene rings is 1. The fourth-order valence-corrected chi connectivity index (χ4v) is 3.08. The van der Waals surface area contributed by atoms with Gasteiger partial charge in [-0.25, -0.2) is 0 Å². The summed E-state index contributed by atoms with van der Waals surface area (Å²) >= 11 is 11.8. The summed E-state index contributed by atoms with van der Waals surface area (Å²) in [5.41, 5.74) is 3.05. The van der Waals surface area contributed by atoms with Crippen LogP contribution in [0.5, 0.6) is 0 Å². The average molecular weight is 383 g/mol. The molecule has 2 rings (SSSR count). The van der Waals surface area contributed by atoms with E-state index in [9.17, 15) is 9.59 Å². The summed E-state index contributed by atoms with van der Waals surface area (Å²) in [6.45, 7) is 5.56. The Hall–Kier alpha value is -2.05. The van der Waals surface area contributed by atoms with Crippen molar-refractivity contribution in [2.75, 3.05) is 6.54 Å². The Morgan fingerprint density at radius 2 is 1.96 bits per heavy atom. The van der Waals surface area contributed by atoms with Gasteiger partial charge in [-0.2, -0.15) is 5.10 Å². The van der Waals surface area contributed by atoms with Gasteiger partial charge in [-0.3, -0.25) is 14.3 Å². The highest BCUT2D eigenvalue weighted by atomic mass is 35.5. The van der Waals surface area contributed by atoms with E-state index < -0.39 is 5.91 Å². The molecule has 134 valence electrons. The number of carbonyl (C=O) groups excluding carboxylic acids is 2. The summed E-state index contributed by atoms with van der Waals surface area (Å²) in [5.74, 6) is -0.759. The molecule has 2 amide bonds. The van der Waals surface area contributed by atoms with E-state index >= 15 is 0 Å². The van der Waals surface area contributed by atoms with Crippen molar-refractivity contribution >= 4 is 35.0 Å². The van der Waals surface area contributed by atoms with Crippen molar-refractivity contribution in [2.45, 2.75) is 26.8 Å². The Labute approximate surface area is 156 Å². The van der Waals surface area contributed by atoms with Crippen LogP contribution in [0.1, 0.15) is 40.3 Å². The second kappa shape index (κ2) is 7.89. The lowest BCUT2D eigenvalue weighted by Crippen LogP contribution is -2.38. The van der Waals surface area contributed by atoms with Crippen LogP contribution in [-0.2, 0) is 11.8 Å². The standard InChI is InChI=1S/C17H20Cl2N4O2/c1-9(16-10(2)22-23(4)11(16)3)21-15(24)8-20-17(25)13-7-12(18)5-6-14(13)19/h5-7,9H,8H2,1-4H3,(H,20,25)(H,21,24). The third-order valence-corrected chi connectivity index (χ3v) is 4.52. The molecule has 25 heavy (non-hydrogen) atoms. The maximum atomic E-state index is 12.1. The van der Waals surface area contributed by atoms with Gasteiger partial charge in [0, 0.05) is 23.3 Å². The number of amides is 2. The van der Waals surface area contributed by atoms with Gasteiger partial charge in [0.05, 0.1) is 28.9 Å². The zero-order valence-electron chi connectivity index (χ0n) is 14.5. The molecule has 0 bridgehead atoms. The SMILES string of the molecule is Cc1nn(C)c(C)c1C(C)NC(=O)CNC(=O)c1cc(Cl)ccc1Cl. The van der Waals surface area contributed by atoms with Gasteiger partial charge in [-0.15, -0.1) is 0 Å². The van der Waals surface area contributed by atoms with Crippen LogP contribution in [0.3, 0.4) is 0 Å². The molecular weight excluding hydrogens is 363 g/mol. The minimum absolute atomic E-state index is 0.162. The predicted octanol–water partition coefficient (Wildman–Crippen LogP) is 2.95. The maximum Gasteiger partial charge on any atom is 0.253 e. The molecule has 1 aromatic carbocycles. The van der Waals surface area contributed by atoms with Crippen LogP contribution in [0, 0.1) is 13.8 Å². The minimum atomic E-state index is -0.455. The first kappa shape index (κ1) is 19.3. The number of hydrogen-bond acceptors (Lipinski definition) is 3. The number of aromatic nitrogens is 2. The highest BCUT2D eigenvalue weighted by Gasteiger charge is 2.19. The van der Waals surface area contributed by atoms with E-state index in [-0.39, 0.29) is 29.1 Å². The monoisotopic (exact) mass is 382 g/mol. The third kappa shape index (κ3) is 4.52. The number of rotatable bonds is 5. The Bertz CT molecular complexity index is 817. The maximum absolute atomic E-state index is 12.1. The molecule has 0 saturated carbocycles. The predicted molar refractivity (Wildman–Crippen MR) is 98.0 cm³/mol. The lowest BCUT2D eigenvalue weighted by molar-refractivity contribution is -0.120. The van der Waals surface area contributed by atoms with E-state index in [1.54, 1.807) is 10.7 Å². The summed E-state index contributed by atoms with van der Waals surface area (Å²) < 4.78 is 1.77. The topological polar surface area (TPSA) is 76.0 Å². The molecule has 2 N–H and O–H groups in total. The Morgan fingerprint density at radius 3 is 2.56 bits per heavy atom. The van der Waals surface area contributed by atoms with Gasteiger partial charge >= 0.3 is 0 Å². The van der Waals surface area contributed by atoms with Crippen LogP contribution in [-0.4, -0.2) is 28.1 Å². The zero-order valence-corrected chi connectivity index (χ0v) is 16.0. The Balaban J connectivity index is 1.96. The van der Waals surface area contributed by atoms with E-state index in [1.165, 1.54) is 12.1 Å². The van der Waals surface area contributed by atoms with E-state index in [0.717, 1.165) is 17.0 Å². The molecule has 0 aliphatic rings. The molecule has 6 nitrogen and oxygen atoms in total. The molecule has 8 heteroatoms. The lowest BCUT2D eigenvalue weighted by Gasteiger charge is -2.15. The first-order chi connectivity index (χ1) is 11.7. The van der Waals surface area contributed by atoms with Gasteiger partial charge < -0.3 is 10.6 Å². The number of nitrogens with one attached hydrogen (secondary N) is 2. The van der Waals surface area contributed by atoms with Crippen LogP contribution >= 0.6 is 23.2 Å². The summed E-state index contributed by atoms with van der Waals surface area (Å²) in [6, 6.07) is 4.37. The Kier molecular flexibility index (Phi) is 6.08. The van der Waals surface area contributed by atoms with E-state index in [4.69, 9.17) is 23.2 Å². The molecule has 0 aliphatic carbocycles. The van der Waals surface area contributed by atoms with Crippen molar-refractivity contribution in [3.63, 3.8) is 0 Å². The quantitative estimate of drug-likeness (QED) is 0.834. The molecule has 0 aliphatic heterocycles. The fraction of sp³-hybridized carbons (Fsp3) is 0.353. The molecule has 1 aromatic heterocycles. The number of hydrogen-bond donors (Lipinski definition) is 2. The first-order valence-electron chi connectivity index (χ1n) is 7.73. The third-order valence-electron chi connectivity index (χ3n) is 3.96. The first-order valence-corrected chi connectivity index (χ1v) is 8.49. The highest BCUT2D eigenvalue weighted by Crippen LogP contribution is 2.21. The molecule has 1 atom stereocenters. The second-order valence-corrected chi connectivity index (χ2v) is 6.65. The van der Waals surface area contributed by atoms with Gasteiger partial charge in [0.25, 0.3) is 5.91 Å². The summed E-state index contributed by atoms with van der Waals surface area (Å²) in [4.78, 5) is 24.3. The summed E-state index contributed by atoms with van der Waals surface area (Å²) in [6.07, 6.45) is 0. The van der Waals surface area contributed by atoms with Crippen molar-refractivity contribution in [2.24, 2.45) is 7.05 Å². The molecule has 0 spiro atoms. The van der Waals surface area contributed by atoms with Crippen LogP contribution in [0.4, 0.5) is 0 Å². The molecule has 2 aromatic rings. The summed E-state index contributed by atoms with van der Waals surface area (Å²) in [7, 11) is 1.86. The van der Waals surface area contributed by atoms with Crippen LogP contribution in [0.15, 0.2) is 18.2 Å². The van der Waals surface area contributed by atoms with Crippen molar-refractivity contribution in [1.29, 1.82) is 0 Å². The molecule has 0 fully saturated rings. The van der Waals surface area contributed by atoms with Crippen LogP contribution in [0.25, 0.3) is 0 Å². The van der Waals surface area contributed by atoms with Crippen molar-refractivity contribution < 1.29 is 9.59 Å². The number of carbonyl (C=O) groups is 2. The molecule has 0 radical (unpaired) electrons. The van der Waals surface area contributed by atoms with Gasteiger partial charge in [0.2, 0.25) is 5.91 Å². The van der Waals surface area contributed by atoms with Crippen LogP contribution < -0.4 is 10.6 Å². The van der Waals surface area contributed by atoms with Crippen LogP contribution in [0.2, 0.25) is 10.0 Å². The normalized spacial score (nSPS) is 11.9. The average Bonchev–Trinajstić information content (AvgIpc) is 2.80. The van der Waals surface area contributed by atoms with E-state index in [2.05, 4.69) is 15.7 Å².